The number of hydrogen-bond donors (Lipinski definition) is 2. The van der Waals surface area contributed by atoms with Gasteiger partial charge in [-0.3, -0.25) is 14.9 Å². The highest BCUT2D eigenvalue weighted by molar-refractivity contribution is 6.04. The molecule has 0 spiro atoms. The summed E-state index contributed by atoms with van der Waals surface area (Å²) in [6, 6.07) is -0.723. The summed E-state index contributed by atoms with van der Waals surface area (Å²) < 4.78 is 0. The van der Waals surface area contributed by atoms with E-state index in [1.165, 1.54) is 0 Å². The smallest absolute Gasteiger partial charge is 0.322 e. The maximum absolute atomic E-state index is 12.4. The Labute approximate surface area is 125 Å². The fourth-order valence-corrected chi connectivity index (χ4v) is 3.16. The Morgan fingerprint density at radius 2 is 2.05 bits per heavy atom. The molecule has 0 unspecified atom stereocenters. The summed E-state index contributed by atoms with van der Waals surface area (Å²) in [7, 11) is 0. The summed E-state index contributed by atoms with van der Waals surface area (Å²) in [4.78, 5) is 36.8. The lowest BCUT2D eigenvalue weighted by Gasteiger charge is -2.30. The minimum Gasteiger partial charge on any atom is -0.340 e. The van der Waals surface area contributed by atoms with E-state index in [9.17, 15) is 14.4 Å². The third-order valence-corrected chi connectivity index (χ3v) is 4.05. The van der Waals surface area contributed by atoms with Gasteiger partial charge in [-0.25, -0.2) is 4.79 Å². The van der Waals surface area contributed by atoms with Crippen molar-refractivity contribution in [2.45, 2.75) is 65.0 Å². The van der Waals surface area contributed by atoms with Gasteiger partial charge in [0.25, 0.3) is 5.91 Å². The zero-order valence-electron chi connectivity index (χ0n) is 13.1. The molecule has 0 radical (unpaired) electrons. The summed E-state index contributed by atoms with van der Waals surface area (Å²) in [6.07, 6.45) is 3.78. The van der Waals surface area contributed by atoms with Gasteiger partial charge < -0.3 is 10.2 Å². The van der Waals surface area contributed by atoms with Crippen LogP contribution in [0.2, 0.25) is 0 Å². The van der Waals surface area contributed by atoms with Crippen LogP contribution in [0.5, 0.6) is 0 Å². The molecule has 0 saturated carbocycles. The van der Waals surface area contributed by atoms with Crippen molar-refractivity contribution in [2.24, 2.45) is 5.41 Å². The number of nitrogens with zero attached hydrogens (tertiary/aromatic N) is 1. The number of nitrogens with one attached hydrogen (secondary N) is 2. The molecule has 0 aromatic rings. The largest absolute Gasteiger partial charge is 0.340 e. The van der Waals surface area contributed by atoms with Crippen LogP contribution in [0.25, 0.3) is 0 Å². The van der Waals surface area contributed by atoms with E-state index in [1.54, 1.807) is 0 Å². The molecule has 2 heterocycles. The van der Waals surface area contributed by atoms with Crippen molar-refractivity contribution in [1.29, 1.82) is 0 Å². The number of rotatable bonds is 4. The Hall–Kier alpha value is -1.59. The van der Waals surface area contributed by atoms with Crippen LogP contribution in [0, 0.1) is 5.41 Å². The number of urea groups is 1. The second kappa shape index (κ2) is 6.03. The molecule has 2 fully saturated rings. The van der Waals surface area contributed by atoms with Crippen LogP contribution in [-0.2, 0) is 9.59 Å². The van der Waals surface area contributed by atoms with Gasteiger partial charge in [0.15, 0.2) is 0 Å². The van der Waals surface area contributed by atoms with Crippen molar-refractivity contribution in [1.82, 2.24) is 15.5 Å². The van der Waals surface area contributed by atoms with Gasteiger partial charge in [-0.2, -0.15) is 0 Å². The van der Waals surface area contributed by atoms with E-state index in [0.717, 1.165) is 25.8 Å². The van der Waals surface area contributed by atoms with Gasteiger partial charge >= 0.3 is 6.03 Å². The van der Waals surface area contributed by atoms with Gasteiger partial charge in [-0.05, 0) is 31.1 Å². The molecule has 2 aliphatic heterocycles. The standard InChI is InChI=1S/C15H25N3O3/c1-15(2,3)9-10-5-4-8-18(10)12(19)7-6-11-13(20)17-14(21)16-11/h10-11H,4-9H2,1-3H3,(H2,16,17,20,21)/t10-,11+/m0/s1. The molecule has 0 bridgehead atoms. The van der Waals surface area contributed by atoms with Crippen molar-refractivity contribution in [2.75, 3.05) is 6.54 Å². The van der Waals surface area contributed by atoms with Crippen LogP contribution < -0.4 is 10.6 Å². The lowest BCUT2D eigenvalue weighted by molar-refractivity contribution is -0.132. The number of carbonyl (C=O) groups excluding carboxylic acids is 3. The molecule has 2 atom stereocenters. The normalized spacial score (nSPS) is 26.0. The molecule has 2 N–H and O–H groups in total. The van der Waals surface area contributed by atoms with Gasteiger partial charge in [-0.1, -0.05) is 20.8 Å². The Kier molecular flexibility index (Phi) is 4.54. The number of amides is 4. The lowest BCUT2D eigenvalue weighted by atomic mass is 9.87. The molecular formula is C15H25N3O3. The first kappa shape index (κ1) is 15.8. The molecule has 2 aliphatic rings. The first-order valence-electron chi connectivity index (χ1n) is 7.67. The van der Waals surface area contributed by atoms with Crippen LogP contribution in [0.4, 0.5) is 4.79 Å². The third-order valence-electron chi connectivity index (χ3n) is 4.05. The van der Waals surface area contributed by atoms with Crippen LogP contribution >= 0.6 is 0 Å². The predicted octanol–water partition coefficient (Wildman–Crippen LogP) is 1.40. The molecule has 2 rings (SSSR count). The Balaban J connectivity index is 1.85. The zero-order valence-corrected chi connectivity index (χ0v) is 13.1. The maximum atomic E-state index is 12.4. The number of likely N-dealkylation sites (tertiary alicyclic amines) is 1. The number of hydrogen-bond acceptors (Lipinski definition) is 3. The van der Waals surface area contributed by atoms with Crippen LogP contribution in [0.15, 0.2) is 0 Å². The van der Waals surface area contributed by atoms with Gasteiger partial charge in [-0.15, -0.1) is 0 Å². The van der Waals surface area contributed by atoms with E-state index in [-0.39, 0.29) is 17.2 Å². The molecule has 6 nitrogen and oxygen atoms in total. The Bertz CT molecular complexity index is 442. The second-order valence-electron chi connectivity index (χ2n) is 7.20. The molecule has 0 aliphatic carbocycles. The van der Waals surface area contributed by atoms with E-state index in [2.05, 4.69) is 31.4 Å². The van der Waals surface area contributed by atoms with Gasteiger partial charge in [0.05, 0.1) is 0 Å². The number of carbonyl (C=O) groups is 3. The van der Waals surface area contributed by atoms with E-state index in [0.29, 0.717) is 18.9 Å². The summed E-state index contributed by atoms with van der Waals surface area (Å²) in [6.45, 7) is 7.37. The fraction of sp³-hybridized carbons (Fsp3) is 0.800. The monoisotopic (exact) mass is 295 g/mol. The quantitative estimate of drug-likeness (QED) is 0.770. The Morgan fingerprint density at radius 3 is 2.62 bits per heavy atom. The van der Waals surface area contributed by atoms with E-state index >= 15 is 0 Å². The maximum Gasteiger partial charge on any atom is 0.322 e. The van der Waals surface area contributed by atoms with Crippen molar-refractivity contribution in [3.8, 4) is 0 Å². The van der Waals surface area contributed by atoms with Crippen molar-refractivity contribution in [3.63, 3.8) is 0 Å². The molecule has 4 amide bonds. The summed E-state index contributed by atoms with van der Waals surface area (Å²) in [5.74, 6) is -0.240. The molecule has 2 saturated heterocycles. The highest BCUT2D eigenvalue weighted by atomic mass is 16.2. The molecule has 0 aromatic carbocycles. The van der Waals surface area contributed by atoms with Crippen LogP contribution in [0.3, 0.4) is 0 Å². The van der Waals surface area contributed by atoms with Gasteiger partial charge in [0.2, 0.25) is 5.91 Å². The summed E-state index contributed by atoms with van der Waals surface area (Å²) in [5.41, 5.74) is 0.201. The first-order chi connectivity index (χ1) is 9.76. The first-order valence-corrected chi connectivity index (χ1v) is 7.67. The summed E-state index contributed by atoms with van der Waals surface area (Å²) >= 11 is 0. The number of imide groups is 1. The van der Waals surface area contributed by atoms with E-state index in [1.807, 2.05) is 4.90 Å². The van der Waals surface area contributed by atoms with E-state index in [4.69, 9.17) is 0 Å². The highest BCUT2D eigenvalue weighted by Crippen LogP contribution is 2.30. The van der Waals surface area contributed by atoms with Gasteiger partial charge in [0.1, 0.15) is 6.04 Å². The molecular weight excluding hydrogens is 270 g/mol. The average Bonchev–Trinajstić information content (AvgIpc) is 2.91. The van der Waals surface area contributed by atoms with Gasteiger partial charge in [0, 0.05) is 19.0 Å². The lowest BCUT2D eigenvalue weighted by Crippen LogP contribution is -2.39. The van der Waals surface area contributed by atoms with Crippen molar-refractivity contribution in [3.05, 3.63) is 0 Å². The molecule has 0 aromatic heterocycles. The van der Waals surface area contributed by atoms with Crippen LogP contribution in [0.1, 0.15) is 52.9 Å². The molecule has 6 heteroatoms. The zero-order chi connectivity index (χ0) is 15.6. The Morgan fingerprint density at radius 1 is 1.33 bits per heavy atom. The molecule has 118 valence electrons. The van der Waals surface area contributed by atoms with Crippen LogP contribution in [-0.4, -0.2) is 41.4 Å². The minimum absolute atomic E-state index is 0.0932. The predicted molar refractivity (Wildman–Crippen MR) is 78.5 cm³/mol. The van der Waals surface area contributed by atoms with Crippen molar-refractivity contribution >= 4 is 17.8 Å². The highest BCUT2D eigenvalue weighted by Gasteiger charge is 2.34. The second-order valence-corrected chi connectivity index (χ2v) is 7.20. The SMILES string of the molecule is CC(C)(C)C[C@@H]1CCCN1C(=O)CC[C@H]1NC(=O)NC1=O. The van der Waals surface area contributed by atoms with E-state index < -0.39 is 12.1 Å². The third kappa shape index (κ3) is 4.19. The topological polar surface area (TPSA) is 78.5 Å². The average molecular weight is 295 g/mol. The molecule has 21 heavy (non-hydrogen) atoms. The minimum atomic E-state index is -0.565. The summed E-state index contributed by atoms with van der Waals surface area (Å²) in [5, 5.41) is 4.71. The van der Waals surface area contributed by atoms with Crippen molar-refractivity contribution < 1.29 is 14.4 Å². The fourth-order valence-electron chi connectivity index (χ4n) is 3.16.